The Kier molecular flexibility index (Phi) is 10.7. The smallest absolute Gasteiger partial charge is 0.244 e. The molecular formula is C25H33N3O3S2. The second-order valence-electron chi connectivity index (χ2n) is 7.95. The minimum absolute atomic E-state index is 0.187. The molecule has 0 saturated heterocycles. The van der Waals surface area contributed by atoms with Crippen molar-refractivity contribution in [3.63, 3.8) is 0 Å². The van der Waals surface area contributed by atoms with Gasteiger partial charge in [0.25, 0.3) is 0 Å². The molecule has 1 amide bonds. The predicted octanol–water partition coefficient (Wildman–Crippen LogP) is 5.82. The van der Waals surface area contributed by atoms with E-state index in [0.717, 1.165) is 21.4 Å². The summed E-state index contributed by atoms with van der Waals surface area (Å²) in [6, 6.07) is 0. The first-order valence-corrected chi connectivity index (χ1v) is 12.5. The number of nitrogens with zero attached hydrogens (tertiary/aromatic N) is 2. The molecule has 0 spiro atoms. The van der Waals surface area contributed by atoms with E-state index in [9.17, 15) is 4.79 Å². The minimum Gasteiger partial charge on any atom is -0.501 e. The lowest BCUT2D eigenvalue weighted by molar-refractivity contribution is -0.113. The number of amides is 1. The third-order valence-corrected chi connectivity index (χ3v) is 6.78. The quantitative estimate of drug-likeness (QED) is 0.232. The minimum atomic E-state index is -0.555. The van der Waals surface area contributed by atoms with E-state index in [1.807, 2.05) is 24.5 Å². The molecule has 0 bridgehead atoms. The van der Waals surface area contributed by atoms with Crippen LogP contribution in [0.15, 0.2) is 53.0 Å². The number of hydrogen-bond donors (Lipinski definition) is 1. The van der Waals surface area contributed by atoms with E-state index in [4.69, 9.17) is 25.2 Å². The molecule has 1 unspecified atom stereocenters. The molecule has 2 aromatic rings. The molecule has 3 atom stereocenters. The Balaban J connectivity index is 2.09. The lowest BCUT2D eigenvalue weighted by atomic mass is 10.0. The molecule has 8 heteroatoms. The van der Waals surface area contributed by atoms with Gasteiger partial charge in [0.15, 0.2) is 0 Å². The Bertz CT molecular complexity index is 1020. The Hall–Kier alpha value is -2.55. The number of thiazole rings is 2. The molecule has 2 aromatic heterocycles. The fraction of sp³-hybridized carbons (Fsp3) is 0.400. The highest BCUT2D eigenvalue weighted by molar-refractivity contribution is 7.14. The second kappa shape index (κ2) is 13.2. The molecule has 0 fully saturated rings. The van der Waals surface area contributed by atoms with Crippen LogP contribution < -0.4 is 5.73 Å². The number of rotatable bonds is 12. The van der Waals surface area contributed by atoms with Crippen molar-refractivity contribution in [1.29, 1.82) is 0 Å². The largest absolute Gasteiger partial charge is 0.501 e. The van der Waals surface area contributed by atoms with Crippen LogP contribution in [0.2, 0.25) is 0 Å². The maximum absolute atomic E-state index is 11.2. The van der Waals surface area contributed by atoms with Crippen LogP contribution in [0.1, 0.15) is 44.3 Å². The van der Waals surface area contributed by atoms with Crippen molar-refractivity contribution in [2.24, 2.45) is 17.6 Å². The first-order chi connectivity index (χ1) is 15.7. The molecule has 2 N–H and O–H groups in total. The Labute approximate surface area is 204 Å². The van der Waals surface area contributed by atoms with Gasteiger partial charge in [0.1, 0.15) is 16.5 Å². The topological polar surface area (TPSA) is 87.3 Å². The van der Waals surface area contributed by atoms with Crippen molar-refractivity contribution in [1.82, 2.24) is 9.97 Å². The average molecular weight is 488 g/mol. The van der Waals surface area contributed by atoms with Crippen LogP contribution in [0.3, 0.4) is 0 Å². The van der Waals surface area contributed by atoms with Crippen LogP contribution in [-0.2, 0) is 14.3 Å². The summed E-state index contributed by atoms with van der Waals surface area (Å²) in [5.41, 5.74) is 6.97. The summed E-state index contributed by atoms with van der Waals surface area (Å²) in [5, 5.41) is 5.98. The number of carbonyl (C=O) groups excluding carboxylic acids is 1. The molecule has 2 rings (SSSR count). The maximum atomic E-state index is 11.2. The van der Waals surface area contributed by atoms with E-state index < -0.39 is 5.91 Å². The fourth-order valence-electron chi connectivity index (χ4n) is 3.00. The van der Waals surface area contributed by atoms with Gasteiger partial charge >= 0.3 is 0 Å². The molecule has 0 saturated carbocycles. The van der Waals surface area contributed by atoms with Crippen molar-refractivity contribution < 1.29 is 14.3 Å². The van der Waals surface area contributed by atoms with Gasteiger partial charge in [-0.1, -0.05) is 58.1 Å². The summed E-state index contributed by atoms with van der Waals surface area (Å²) in [4.78, 5) is 20.7. The van der Waals surface area contributed by atoms with Crippen molar-refractivity contribution >= 4 is 34.7 Å². The third-order valence-electron chi connectivity index (χ3n) is 4.85. The summed E-state index contributed by atoms with van der Waals surface area (Å²) in [7, 11) is 3.12. The fourth-order valence-corrected chi connectivity index (χ4v) is 4.66. The molecule has 0 aliphatic carbocycles. The zero-order chi connectivity index (χ0) is 24.4. The molecule has 0 aliphatic rings. The summed E-state index contributed by atoms with van der Waals surface area (Å²) in [6.45, 7) is 8.37. The van der Waals surface area contributed by atoms with Gasteiger partial charge in [-0.25, -0.2) is 9.97 Å². The zero-order valence-electron chi connectivity index (χ0n) is 20.0. The molecular weight excluding hydrogens is 454 g/mol. The highest BCUT2D eigenvalue weighted by atomic mass is 32.1. The SMILES string of the molecule is CO/C(=C/C(N)=O)[C@H](C)[C@H](/C=C/c1csc(-c2csc(C(C)/C=C/C=C/C(C)C)n2)n1)OC. The van der Waals surface area contributed by atoms with Crippen molar-refractivity contribution in [3.05, 3.63) is 63.7 Å². The van der Waals surface area contributed by atoms with E-state index in [0.29, 0.717) is 11.7 Å². The zero-order valence-corrected chi connectivity index (χ0v) is 21.7. The Morgan fingerprint density at radius 1 is 1.03 bits per heavy atom. The summed E-state index contributed by atoms with van der Waals surface area (Å²) in [6.07, 6.45) is 13.3. The first kappa shape index (κ1) is 26.7. The number of allylic oxidation sites excluding steroid dienone is 4. The van der Waals surface area contributed by atoms with Crippen LogP contribution in [0.5, 0.6) is 0 Å². The predicted molar refractivity (Wildman–Crippen MR) is 138 cm³/mol. The van der Waals surface area contributed by atoms with Crippen LogP contribution in [-0.4, -0.2) is 36.2 Å². The molecule has 6 nitrogen and oxygen atoms in total. The standard InChI is InChI=1S/C25H33N3O3S2/c1-16(2)9-7-8-10-17(3)24-28-20(15-33-24)25-27-19(14-32-25)11-12-21(30-5)18(4)22(31-6)13-23(26)29/h7-18,21H,1-6H3,(H2,26,29)/b9-7+,10-8+,12-11+,22-13+/t17?,18-,21+/m1/s1. The van der Waals surface area contributed by atoms with Gasteiger partial charge in [0, 0.05) is 35.8 Å². The van der Waals surface area contributed by atoms with Gasteiger partial charge in [-0.15, -0.1) is 22.7 Å². The van der Waals surface area contributed by atoms with Gasteiger partial charge < -0.3 is 15.2 Å². The van der Waals surface area contributed by atoms with Crippen molar-refractivity contribution in [2.45, 2.75) is 39.7 Å². The van der Waals surface area contributed by atoms with Crippen LogP contribution in [0.25, 0.3) is 16.8 Å². The maximum Gasteiger partial charge on any atom is 0.244 e. The molecule has 178 valence electrons. The lowest BCUT2D eigenvalue weighted by Crippen LogP contribution is -2.22. The van der Waals surface area contributed by atoms with Crippen LogP contribution >= 0.6 is 22.7 Å². The third kappa shape index (κ3) is 8.38. The summed E-state index contributed by atoms with van der Waals surface area (Å²) < 4.78 is 10.9. The molecule has 2 heterocycles. The Morgan fingerprint density at radius 2 is 1.76 bits per heavy atom. The summed E-state index contributed by atoms with van der Waals surface area (Å²) >= 11 is 3.20. The van der Waals surface area contributed by atoms with E-state index in [1.165, 1.54) is 13.2 Å². The van der Waals surface area contributed by atoms with Crippen LogP contribution in [0, 0.1) is 11.8 Å². The van der Waals surface area contributed by atoms with Gasteiger partial charge in [0.2, 0.25) is 5.91 Å². The number of primary amides is 1. The number of ether oxygens (including phenoxy) is 2. The van der Waals surface area contributed by atoms with E-state index in [2.05, 4.69) is 50.5 Å². The highest BCUT2D eigenvalue weighted by Crippen LogP contribution is 2.29. The van der Waals surface area contributed by atoms with Crippen LogP contribution in [0.4, 0.5) is 0 Å². The number of aromatic nitrogens is 2. The molecule has 0 radical (unpaired) electrons. The number of nitrogens with two attached hydrogens (primary N) is 1. The normalized spacial score (nSPS) is 15.7. The average Bonchev–Trinajstić information content (AvgIpc) is 3.44. The van der Waals surface area contributed by atoms with Crippen molar-refractivity contribution in [2.75, 3.05) is 14.2 Å². The van der Waals surface area contributed by atoms with E-state index in [-0.39, 0.29) is 17.9 Å². The van der Waals surface area contributed by atoms with E-state index in [1.54, 1.807) is 29.8 Å². The number of hydrogen-bond acceptors (Lipinski definition) is 7. The number of carbonyl (C=O) groups is 1. The van der Waals surface area contributed by atoms with Gasteiger partial charge in [-0.05, 0) is 12.0 Å². The lowest BCUT2D eigenvalue weighted by Gasteiger charge is -2.21. The van der Waals surface area contributed by atoms with Gasteiger partial charge in [-0.3, -0.25) is 4.79 Å². The van der Waals surface area contributed by atoms with Crippen molar-refractivity contribution in [3.8, 4) is 10.7 Å². The highest BCUT2D eigenvalue weighted by Gasteiger charge is 2.20. The van der Waals surface area contributed by atoms with Gasteiger partial charge in [-0.2, -0.15) is 0 Å². The monoisotopic (exact) mass is 487 g/mol. The van der Waals surface area contributed by atoms with E-state index >= 15 is 0 Å². The first-order valence-electron chi connectivity index (χ1n) is 10.8. The molecule has 0 aliphatic heterocycles. The summed E-state index contributed by atoms with van der Waals surface area (Å²) in [5.74, 6) is 0.512. The second-order valence-corrected chi connectivity index (χ2v) is 9.70. The Morgan fingerprint density at radius 3 is 2.39 bits per heavy atom. The molecule has 33 heavy (non-hydrogen) atoms. The number of methoxy groups -OCH3 is 2. The van der Waals surface area contributed by atoms with Gasteiger partial charge in [0.05, 0.1) is 23.9 Å². The molecule has 0 aromatic carbocycles.